The first-order valence-electron chi connectivity index (χ1n) is 5.06. The van der Waals surface area contributed by atoms with Crippen LogP contribution < -0.4 is 5.73 Å². The average molecular weight is 193 g/mol. The van der Waals surface area contributed by atoms with Gasteiger partial charge in [0.1, 0.15) is 0 Å². The van der Waals surface area contributed by atoms with Crippen LogP contribution in [-0.2, 0) is 12.0 Å². The number of aryl methyl sites for hydroxylation is 1. The lowest BCUT2D eigenvalue weighted by molar-refractivity contribution is 0.0776. The lowest BCUT2D eigenvalue weighted by Crippen LogP contribution is -2.18. The summed E-state index contributed by atoms with van der Waals surface area (Å²) < 4.78 is 0. The summed E-state index contributed by atoms with van der Waals surface area (Å²) in [5.74, 6) is 0. The SMILES string of the molecule is CC(C)(O)c1ccccc1CCCN. The molecule has 0 radical (unpaired) electrons. The highest BCUT2D eigenvalue weighted by molar-refractivity contribution is 5.31. The number of hydrogen-bond donors (Lipinski definition) is 2. The molecule has 78 valence electrons. The van der Waals surface area contributed by atoms with Crippen molar-refractivity contribution in [2.24, 2.45) is 5.73 Å². The van der Waals surface area contributed by atoms with Crippen molar-refractivity contribution in [3.8, 4) is 0 Å². The molecule has 0 aliphatic heterocycles. The lowest BCUT2D eigenvalue weighted by atomic mass is 9.91. The molecule has 0 bridgehead atoms. The summed E-state index contributed by atoms with van der Waals surface area (Å²) in [7, 11) is 0. The zero-order valence-corrected chi connectivity index (χ0v) is 8.96. The Bertz CT molecular complexity index is 289. The van der Waals surface area contributed by atoms with Gasteiger partial charge in [-0.2, -0.15) is 0 Å². The Morgan fingerprint density at radius 3 is 2.50 bits per heavy atom. The van der Waals surface area contributed by atoms with Gasteiger partial charge in [-0.1, -0.05) is 24.3 Å². The van der Waals surface area contributed by atoms with E-state index in [9.17, 15) is 5.11 Å². The minimum atomic E-state index is -0.759. The zero-order chi connectivity index (χ0) is 10.6. The van der Waals surface area contributed by atoms with Crippen molar-refractivity contribution < 1.29 is 5.11 Å². The Kier molecular flexibility index (Phi) is 3.67. The van der Waals surface area contributed by atoms with E-state index in [-0.39, 0.29) is 0 Å². The summed E-state index contributed by atoms with van der Waals surface area (Å²) in [4.78, 5) is 0. The van der Waals surface area contributed by atoms with Crippen LogP contribution in [0.5, 0.6) is 0 Å². The molecule has 1 rings (SSSR count). The van der Waals surface area contributed by atoms with Gasteiger partial charge in [-0.25, -0.2) is 0 Å². The molecule has 0 aliphatic rings. The second-order valence-corrected chi connectivity index (χ2v) is 4.11. The molecule has 0 amide bonds. The van der Waals surface area contributed by atoms with Crippen molar-refractivity contribution in [1.82, 2.24) is 0 Å². The first-order chi connectivity index (χ1) is 6.55. The Morgan fingerprint density at radius 2 is 1.93 bits per heavy atom. The van der Waals surface area contributed by atoms with Crippen LogP contribution in [0.15, 0.2) is 24.3 Å². The molecule has 1 aromatic rings. The zero-order valence-electron chi connectivity index (χ0n) is 8.96. The van der Waals surface area contributed by atoms with Crippen LogP contribution >= 0.6 is 0 Å². The third-order valence-electron chi connectivity index (χ3n) is 2.33. The maximum atomic E-state index is 9.94. The quantitative estimate of drug-likeness (QED) is 0.766. The fraction of sp³-hybridized carbons (Fsp3) is 0.500. The van der Waals surface area contributed by atoms with Crippen molar-refractivity contribution in [2.45, 2.75) is 32.3 Å². The Labute approximate surface area is 85.8 Å². The van der Waals surface area contributed by atoms with Crippen molar-refractivity contribution in [3.63, 3.8) is 0 Å². The van der Waals surface area contributed by atoms with Gasteiger partial charge < -0.3 is 10.8 Å². The van der Waals surface area contributed by atoms with Crippen LogP contribution in [-0.4, -0.2) is 11.7 Å². The van der Waals surface area contributed by atoms with Gasteiger partial charge in [0.25, 0.3) is 0 Å². The van der Waals surface area contributed by atoms with E-state index in [0.717, 1.165) is 18.4 Å². The minimum absolute atomic E-state index is 0.695. The fourth-order valence-electron chi connectivity index (χ4n) is 1.63. The molecule has 0 heterocycles. The second-order valence-electron chi connectivity index (χ2n) is 4.11. The molecule has 0 spiro atoms. The van der Waals surface area contributed by atoms with Crippen molar-refractivity contribution in [1.29, 1.82) is 0 Å². The molecule has 2 heteroatoms. The maximum Gasteiger partial charge on any atom is 0.0843 e. The van der Waals surface area contributed by atoms with Gasteiger partial charge in [0, 0.05) is 0 Å². The summed E-state index contributed by atoms with van der Waals surface area (Å²) in [6.07, 6.45) is 1.91. The Morgan fingerprint density at radius 1 is 1.29 bits per heavy atom. The molecular formula is C12H19NO. The fourth-order valence-corrected chi connectivity index (χ4v) is 1.63. The van der Waals surface area contributed by atoms with Gasteiger partial charge in [0.05, 0.1) is 5.60 Å². The molecule has 1 aromatic carbocycles. The standard InChI is InChI=1S/C12H19NO/c1-12(2,14)11-8-4-3-6-10(11)7-5-9-13/h3-4,6,8,14H,5,7,9,13H2,1-2H3. The largest absolute Gasteiger partial charge is 0.386 e. The number of aliphatic hydroxyl groups is 1. The lowest BCUT2D eigenvalue weighted by Gasteiger charge is -2.21. The molecule has 0 aliphatic carbocycles. The van der Waals surface area contributed by atoms with Crippen LogP contribution in [0.1, 0.15) is 31.4 Å². The average Bonchev–Trinajstić information content (AvgIpc) is 2.14. The molecule has 3 N–H and O–H groups in total. The summed E-state index contributed by atoms with van der Waals surface area (Å²) >= 11 is 0. The topological polar surface area (TPSA) is 46.2 Å². The van der Waals surface area contributed by atoms with Crippen molar-refractivity contribution >= 4 is 0 Å². The molecule has 0 fully saturated rings. The molecule has 0 saturated heterocycles. The van der Waals surface area contributed by atoms with Gasteiger partial charge in [0.2, 0.25) is 0 Å². The first-order valence-corrected chi connectivity index (χ1v) is 5.06. The minimum Gasteiger partial charge on any atom is -0.386 e. The predicted molar refractivity (Wildman–Crippen MR) is 59.1 cm³/mol. The van der Waals surface area contributed by atoms with Crippen LogP contribution in [0, 0.1) is 0 Å². The molecule has 0 aromatic heterocycles. The monoisotopic (exact) mass is 193 g/mol. The van der Waals surface area contributed by atoms with E-state index in [1.165, 1.54) is 5.56 Å². The van der Waals surface area contributed by atoms with Crippen LogP contribution in [0.2, 0.25) is 0 Å². The van der Waals surface area contributed by atoms with Gasteiger partial charge in [-0.3, -0.25) is 0 Å². The number of benzene rings is 1. The van der Waals surface area contributed by atoms with Crippen LogP contribution in [0.3, 0.4) is 0 Å². The highest BCUT2D eigenvalue weighted by atomic mass is 16.3. The van der Waals surface area contributed by atoms with Crippen LogP contribution in [0.25, 0.3) is 0 Å². The highest BCUT2D eigenvalue weighted by Crippen LogP contribution is 2.24. The molecule has 14 heavy (non-hydrogen) atoms. The Balaban J connectivity index is 2.92. The summed E-state index contributed by atoms with van der Waals surface area (Å²) in [6.45, 7) is 4.32. The summed E-state index contributed by atoms with van der Waals surface area (Å²) in [5.41, 5.74) is 6.92. The third kappa shape index (κ3) is 2.82. The summed E-state index contributed by atoms with van der Waals surface area (Å²) in [5, 5.41) is 9.94. The first kappa shape index (κ1) is 11.2. The molecule has 0 saturated carbocycles. The van der Waals surface area contributed by atoms with E-state index in [1.54, 1.807) is 0 Å². The molecule has 2 nitrogen and oxygen atoms in total. The van der Waals surface area contributed by atoms with Crippen molar-refractivity contribution in [2.75, 3.05) is 6.54 Å². The maximum absolute atomic E-state index is 9.94. The van der Waals surface area contributed by atoms with Gasteiger partial charge in [0.15, 0.2) is 0 Å². The normalized spacial score (nSPS) is 11.7. The van der Waals surface area contributed by atoms with Crippen LogP contribution in [0.4, 0.5) is 0 Å². The van der Waals surface area contributed by atoms with E-state index in [1.807, 2.05) is 32.0 Å². The Hall–Kier alpha value is -0.860. The van der Waals surface area contributed by atoms with E-state index in [0.29, 0.717) is 6.54 Å². The second kappa shape index (κ2) is 4.58. The van der Waals surface area contributed by atoms with E-state index in [4.69, 9.17) is 5.73 Å². The molecule has 0 unspecified atom stereocenters. The number of rotatable bonds is 4. The van der Waals surface area contributed by atoms with Gasteiger partial charge in [-0.15, -0.1) is 0 Å². The van der Waals surface area contributed by atoms with E-state index >= 15 is 0 Å². The number of nitrogens with two attached hydrogens (primary N) is 1. The summed E-state index contributed by atoms with van der Waals surface area (Å²) in [6, 6.07) is 8.00. The molecule has 0 atom stereocenters. The van der Waals surface area contributed by atoms with Gasteiger partial charge in [-0.05, 0) is 44.4 Å². The molecular weight excluding hydrogens is 174 g/mol. The highest BCUT2D eigenvalue weighted by Gasteiger charge is 2.18. The number of hydrogen-bond acceptors (Lipinski definition) is 2. The van der Waals surface area contributed by atoms with Crippen molar-refractivity contribution in [3.05, 3.63) is 35.4 Å². The van der Waals surface area contributed by atoms with E-state index in [2.05, 4.69) is 6.07 Å². The predicted octanol–water partition coefficient (Wildman–Crippen LogP) is 1.81. The van der Waals surface area contributed by atoms with E-state index < -0.39 is 5.60 Å². The smallest absolute Gasteiger partial charge is 0.0843 e. The van der Waals surface area contributed by atoms with Gasteiger partial charge >= 0.3 is 0 Å². The third-order valence-corrected chi connectivity index (χ3v) is 2.33.